The topological polar surface area (TPSA) is 12.5 Å². The third kappa shape index (κ3) is 3.84. The molecule has 2 heteroatoms. The van der Waals surface area contributed by atoms with Gasteiger partial charge in [0.15, 0.2) is 0 Å². The van der Waals surface area contributed by atoms with Crippen LogP contribution in [0.1, 0.15) is 37.4 Å². The summed E-state index contributed by atoms with van der Waals surface area (Å²) in [4.78, 5) is 2.39. The highest BCUT2D eigenvalue weighted by Gasteiger charge is 2.24. The molecule has 0 saturated carbocycles. The quantitative estimate of drug-likeness (QED) is 0.824. The largest absolute Gasteiger partial charge is 0.366 e. The zero-order chi connectivity index (χ0) is 14.5. The third-order valence-corrected chi connectivity index (χ3v) is 4.48. The van der Waals surface area contributed by atoms with Gasteiger partial charge >= 0.3 is 0 Å². The molecule has 1 heterocycles. The number of hydrogen-bond acceptors (Lipinski definition) is 2. The van der Waals surface area contributed by atoms with E-state index in [1.54, 1.807) is 0 Å². The van der Waals surface area contributed by atoms with E-state index in [0.717, 1.165) is 38.8 Å². The van der Waals surface area contributed by atoms with Crippen LogP contribution in [0.4, 0.5) is 0 Å². The van der Waals surface area contributed by atoms with Crippen LogP contribution in [0.2, 0.25) is 0 Å². The van der Waals surface area contributed by atoms with Crippen LogP contribution in [0.15, 0.2) is 54.1 Å². The van der Waals surface area contributed by atoms with E-state index >= 15 is 0 Å². The highest BCUT2D eigenvalue weighted by molar-refractivity contribution is 5.30. The lowest BCUT2D eigenvalue weighted by molar-refractivity contribution is -0.0264. The molecule has 21 heavy (non-hydrogen) atoms. The molecule has 0 spiro atoms. The van der Waals surface area contributed by atoms with Crippen molar-refractivity contribution in [1.29, 1.82) is 0 Å². The highest BCUT2D eigenvalue weighted by Crippen LogP contribution is 2.33. The molecule has 0 amide bonds. The summed E-state index contributed by atoms with van der Waals surface area (Å²) in [6.45, 7) is 2.29. The highest BCUT2D eigenvalue weighted by atomic mass is 16.5. The molecule has 1 unspecified atom stereocenters. The second-order valence-corrected chi connectivity index (χ2v) is 6.14. The van der Waals surface area contributed by atoms with Gasteiger partial charge in [-0.1, -0.05) is 48.6 Å². The summed E-state index contributed by atoms with van der Waals surface area (Å²) in [5.41, 5.74) is 2.71. The fourth-order valence-corrected chi connectivity index (χ4v) is 3.16. The zero-order valence-electron chi connectivity index (χ0n) is 12.9. The minimum Gasteiger partial charge on any atom is -0.366 e. The first-order valence-electron chi connectivity index (χ1n) is 8.07. The number of hydrogen-bond donors (Lipinski definition) is 0. The standard InChI is InChI=1S/C19H25NO/c1-20-14-12-18(13-15-20)21-19(16-8-4-2-5-9-16)17-10-6-3-7-11-17/h2-6,8-10,18-19H,7,11-15H2,1H3. The SMILES string of the molecule is CN1CCC(OC(C2=CC=CCC2)c2ccccc2)CC1. The first kappa shape index (κ1) is 14.6. The Morgan fingerprint density at radius 3 is 2.57 bits per heavy atom. The summed E-state index contributed by atoms with van der Waals surface area (Å²) in [5, 5.41) is 0. The van der Waals surface area contributed by atoms with E-state index in [1.165, 1.54) is 11.1 Å². The Balaban J connectivity index is 1.76. The van der Waals surface area contributed by atoms with E-state index in [1.807, 2.05) is 0 Å². The number of rotatable bonds is 4. The van der Waals surface area contributed by atoms with Crippen molar-refractivity contribution in [2.24, 2.45) is 0 Å². The van der Waals surface area contributed by atoms with Gasteiger partial charge in [0.05, 0.1) is 6.10 Å². The maximum Gasteiger partial charge on any atom is 0.104 e. The van der Waals surface area contributed by atoms with Crippen LogP contribution < -0.4 is 0 Å². The monoisotopic (exact) mass is 283 g/mol. The van der Waals surface area contributed by atoms with Gasteiger partial charge in [0.1, 0.15) is 6.10 Å². The summed E-state index contributed by atoms with van der Waals surface area (Å²) >= 11 is 0. The number of piperidine rings is 1. The number of allylic oxidation sites excluding steroid dienone is 3. The fraction of sp³-hybridized carbons (Fsp3) is 0.474. The summed E-state index contributed by atoms with van der Waals surface area (Å²) < 4.78 is 6.54. The molecule has 1 saturated heterocycles. The second kappa shape index (κ2) is 7.06. The molecule has 0 N–H and O–H groups in total. The molecule has 1 atom stereocenters. The lowest BCUT2D eigenvalue weighted by Crippen LogP contribution is -2.35. The van der Waals surface area contributed by atoms with E-state index in [-0.39, 0.29) is 6.10 Å². The van der Waals surface area contributed by atoms with E-state index < -0.39 is 0 Å². The van der Waals surface area contributed by atoms with Crippen LogP contribution in [0.5, 0.6) is 0 Å². The van der Waals surface area contributed by atoms with Crippen molar-refractivity contribution >= 4 is 0 Å². The van der Waals surface area contributed by atoms with Crippen LogP contribution in [0, 0.1) is 0 Å². The molecule has 1 aromatic rings. The average molecular weight is 283 g/mol. The van der Waals surface area contributed by atoms with Gasteiger partial charge < -0.3 is 9.64 Å². The van der Waals surface area contributed by atoms with E-state index in [4.69, 9.17) is 4.74 Å². The number of likely N-dealkylation sites (tertiary alicyclic amines) is 1. The molecular weight excluding hydrogens is 258 g/mol. The second-order valence-electron chi connectivity index (χ2n) is 6.14. The van der Waals surface area contributed by atoms with Crippen LogP contribution in [0.25, 0.3) is 0 Å². The van der Waals surface area contributed by atoms with Gasteiger partial charge in [-0.15, -0.1) is 0 Å². The Labute approximate surface area is 128 Å². The first-order valence-corrected chi connectivity index (χ1v) is 8.07. The maximum absolute atomic E-state index is 6.54. The minimum absolute atomic E-state index is 0.129. The fourth-order valence-electron chi connectivity index (χ4n) is 3.16. The number of nitrogens with zero attached hydrogens (tertiary/aromatic N) is 1. The Morgan fingerprint density at radius 1 is 1.14 bits per heavy atom. The Hall–Kier alpha value is -1.38. The van der Waals surface area contributed by atoms with E-state index in [9.17, 15) is 0 Å². The maximum atomic E-state index is 6.54. The molecule has 0 radical (unpaired) electrons. The van der Waals surface area contributed by atoms with E-state index in [0.29, 0.717) is 6.10 Å². The molecule has 2 aliphatic rings. The van der Waals surface area contributed by atoms with Crippen molar-refractivity contribution < 1.29 is 4.74 Å². The van der Waals surface area contributed by atoms with Gasteiger partial charge in [0.2, 0.25) is 0 Å². The normalized spacial score (nSPS) is 22.0. The molecule has 3 rings (SSSR count). The summed E-state index contributed by atoms with van der Waals surface area (Å²) in [6, 6.07) is 10.7. The van der Waals surface area contributed by atoms with Gasteiger partial charge in [-0.05, 0) is 43.9 Å². The molecule has 1 aromatic carbocycles. The van der Waals surface area contributed by atoms with Crippen molar-refractivity contribution in [3.8, 4) is 0 Å². The molecule has 1 aliphatic heterocycles. The van der Waals surface area contributed by atoms with Crippen LogP contribution in [0.3, 0.4) is 0 Å². The first-order chi connectivity index (χ1) is 10.3. The minimum atomic E-state index is 0.129. The van der Waals surface area contributed by atoms with Crippen molar-refractivity contribution in [3.63, 3.8) is 0 Å². The predicted molar refractivity (Wildman–Crippen MR) is 87.2 cm³/mol. The summed E-state index contributed by atoms with van der Waals surface area (Å²) in [5.74, 6) is 0. The third-order valence-electron chi connectivity index (χ3n) is 4.48. The van der Waals surface area contributed by atoms with E-state index in [2.05, 4.69) is 60.5 Å². The van der Waals surface area contributed by atoms with Gasteiger partial charge in [-0.3, -0.25) is 0 Å². The number of ether oxygens (including phenoxy) is 1. The van der Waals surface area contributed by atoms with Gasteiger partial charge in [0.25, 0.3) is 0 Å². The molecule has 2 nitrogen and oxygen atoms in total. The molecule has 0 aromatic heterocycles. The molecule has 1 aliphatic carbocycles. The van der Waals surface area contributed by atoms with Crippen LogP contribution in [-0.4, -0.2) is 31.1 Å². The molecule has 1 fully saturated rings. The van der Waals surface area contributed by atoms with Gasteiger partial charge in [0, 0.05) is 13.1 Å². The Bertz CT molecular complexity index is 498. The summed E-state index contributed by atoms with van der Waals surface area (Å²) in [7, 11) is 2.19. The smallest absolute Gasteiger partial charge is 0.104 e. The van der Waals surface area contributed by atoms with Crippen LogP contribution >= 0.6 is 0 Å². The van der Waals surface area contributed by atoms with Crippen molar-refractivity contribution in [1.82, 2.24) is 4.90 Å². The Kier molecular flexibility index (Phi) is 4.89. The van der Waals surface area contributed by atoms with Gasteiger partial charge in [-0.2, -0.15) is 0 Å². The van der Waals surface area contributed by atoms with Crippen molar-refractivity contribution in [2.45, 2.75) is 37.9 Å². The zero-order valence-corrected chi connectivity index (χ0v) is 12.9. The molecule has 112 valence electrons. The van der Waals surface area contributed by atoms with Gasteiger partial charge in [-0.25, -0.2) is 0 Å². The Morgan fingerprint density at radius 2 is 1.90 bits per heavy atom. The summed E-state index contributed by atoms with van der Waals surface area (Å²) in [6.07, 6.45) is 11.7. The number of benzene rings is 1. The lowest BCUT2D eigenvalue weighted by Gasteiger charge is -2.33. The molecular formula is C19H25NO. The van der Waals surface area contributed by atoms with Crippen molar-refractivity contribution in [3.05, 3.63) is 59.7 Å². The average Bonchev–Trinajstić information content (AvgIpc) is 2.56. The predicted octanol–water partition coefficient (Wildman–Crippen LogP) is 4.11. The van der Waals surface area contributed by atoms with Crippen LogP contribution in [-0.2, 0) is 4.74 Å². The lowest BCUT2D eigenvalue weighted by atomic mass is 9.94. The van der Waals surface area contributed by atoms with Crippen molar-refractivity contribution in [2.75, 3.05) is 20.1 Å². The molecule has 0 bridgehead atoms.